The second-order valence-electron chi connectivity index (χ2n) is 6.93. The summed E-state index contributed by atoms with van der Waals surface area (Å²) in [5.74, 6) is 0.580. The predicted octanol–water partition coefficient (Wildman–Crippen LogP) is 2.87. The van der Waals surface area contributed by atoms with Gasteiger partial charge in [0.2, 0.25) is 5.91 Å². The molecule has 3 aromatic carbocycles. The van der Waals surface area contributed by atoms with Gasteiger partial charge in [0.15, 0.2) is 0 Å². The van der Waals surface area contributed by atoms with E-state index in [1.165, 1.54) is 0 Å². The third-order valence-electron chi connectivity index (χ3n) is 4.87. The lowest BCUT2D eigenvalue weighted by Crippen LogP contribution is -2.35. The largest absolute Gasteiger partial charge is 0.489 e. The fourth-order valence-corrected chi connectivity index (χ4v) is 3.42. The van der Waals surface area contributed by atoms with Crippen LogP contribution in [0.15, 0.2) is 66.7 Å². The van der Waals surface area contributed by atoms with Crippen molar-refractivity contribution in [3.63, 3.8) is 0 Å². The number of rotatable bonds is 5. The molecule has 1 aliphatic heterocycles. The van der Waals surface area contributed by atoms with E-state index in [0.29, 0.717) is 24.3 Å². The Morgan fingerprint density at radius 1 is 1.07 bits per heavy atom. The monoisotopic (exact) mass is 374 g/mol. The predicted molar refractivity (Wildman–Crippen MR) is 111 cm³/mol. The molecule has 1 fully saturated rings. The first kappa shape index (κ1) is 18.0. The van der Waals surface area contributed by atoms with Gasteiger partial charge >= 0.3 is 0 Å². The van der Waals surface area contributed by atoms with E-state index in [1.807, 2.05) is 48.5 Å². The van der Waals surface area contributed by atoms with E-state index in [0.717, 1.165) is 16.5 Å². The number of hydrogen-bond donors (Lipinski definition) is 4. The molecule has 0 aromatic heterocycles. The number of anilines is 1. The maximum atomic E-state index is 12.6. The molecular formula is C22H22N4O2. The van der Waals surface area contributed by atoms with E-state index >= 15 is 0 Å². The summed E-state index contributed by atoms with van der Waals surface area (Å²) < 4.78 is 5.96. The highest BCUT2D eigenvalue weighted by atomic mass is 16.5. The third-order valence-corrected chi connectivity index (χ3v) is 4.87. The van der Waals surface area contributed by atoms with Crippen LogP contribution in [0.25, 0.3) is 10.8 Å². The quantitative estimate of drug-likeness (QED) is 0.407. The van der Waals surface area contributed by atoms with Gasteiger partial charge in [-0.25, -0.2) is 0 Å². The van der Waals surface area contributed by atoms with Gasteiger partial charge in [-0.1, -0.05) is 42.5 Å². The lowest BCUT2D eigenvalue weighted by Gasteiger charge is -2.14. The average Bonchev–Trinajstić information content (AvgIpc) is 3.17. The smallest absolute Gasteiger partial charge is 0.241 e. The summed E-state index contributed by atoms with van der Waals surface area (Å²) in [6.07, 6.45) is 0.457. The Hall–Kier alpha value is -3.38. The van der Waals surface area contributed by atoms with Crippen molar-refractivity contribution in [2.75, 3.05) is 11.9 Å². The zero-order valence-corrected chi connectivity index (χ0v) is 15.3. The number of amidine groups is 1. The molecule has 2 atom stereocenters. The zero-order chi connectivity index (χ0) is 19.5. The summed E-state index contributed by atoms with van der Waals surface area (Å²) in [6, 6.07) is 20.8. The van der Waals surface area contributed by atoms with Crippen molar-refractivity contribution in [2.24, 2.45) is 5.73 Å². The fraction of sp³-hybridized carbons (Fsp3) is 0.182. The van der Waals surface area contributed by atoms with E-state index in [-0.39, 0.29) is 23.9 Å². The Balaban J connectivity index is 1.37. The molecule has 0 aliphatic carbocycles. The zero-order valence-electron chi connectivity index (χ0n) is 15.3. The standard InChI is InChI=1S/C22H22N4O2/c23-21(24)16-6-3-7-18(11-16)28-19-12-20(25-13-19)22(27)26-17-9-8-14-4-1-2-5-15(14)10-17/h1-11,19-20,25H,12-13H2,(H3,23,24)(H,26,27)/t19-,20?/m1/s1. The van der Waals surface area contributed by atoms with Crippen LogP contribution in [0.4, 0.5) is 5.69 Å². The Bertz CT molecular complexity index is 1030. The molecule has 1 saturated heterocycles. The highest BCUT2D eigenvalue weighted by Crippen LogP contribution is 2.21. The Labute approximate surface area is 163 Å². The highest BCUT2D eigenvalue weighted by Gasteiger charge is 2.30. The van der Waals surface area contributed by atoms with Gasteiger partial charge in [0, 0.05) is 24.2 Å². The van der Waals surface area contributed by atoms with Gasteiger partial charge in [0.1, 0.15) is 17.7 Å². The number of carbonyl (C=O) groups excluding carboxylic acids is 1. The molecule has 1 heterocycles. The maximum Gasteiger partial charge on any atom is 0.241 e. The van der Waals surface area contributed by atoms with Crippen molar-refractivity contribution in [3.05, 3.63) is 72.3 Å². The minimum absolute atomic E-state index is 0.00244. The number of carbonyl (C=O) groups is 1. The number of fused-ring (bicyclic) bond motifs is 1. The fourth-order valence-electron chi connectivity index (χ4n) is 3.42. The van der Waals surface area contributed by atoms with Crippen molar-refractivity contribution >= 4 is 28.2 Å². The maximum absolute atomic E-state index is 12.6. The number of benzene rings is 3. The molecule has 0 spiro atoms. The molecule has 1 aliphatic rings. The molecule has 0 radical (unpaired) electrons. The summed E-state index contributed by atoms with van der Waals surface area (Å²) in [5, 5.41) is 15.9. The van der Waals surface area contributed by atoms with E-state index in [9.17, 15) is 4.79 Å². The van der Waals surface area contributed by atoms with E-state index in [1.54, 1.807) is 18.2 Å². The van der Waals surface area contributed by atoms with Crippen molar-refractivity contribution in [1.82, 2.24) is 5.32 Å². The molecule has 6 heteroatoms. The van der Waals surface area contributed by atoms with Gasteiger partial charge in [-0.3, -0.25) is 10.2 Å². The molecule has 6 nitrogen and oxygen atoms in total. The molecule has 0 saturated carbocycles. The van der Waals surface area contributed by atoms with Crippen molar-refractivity contribution in [1.29, 1.82) is 5.41 Å². The lowest BCUT2D eigenvalue weighted by molar-refractivity contribution is -0.117. The Morgan fingerprint density at radius 3 is 2.71 bits per heavy atom. The molecule has 4 rings (SSSR count). The highest BCUT2D eigenvalue weighted by molar-refractivity contribution is 5.97. The second kappa shape index (κ2) is 7.70. The topological polar surface area (TPSA) is 100 Å². The minimum Gasteiger partial charge on any atom is -0.489 e. The molecule has 0 bridgehead atoms. The lowest BCUT2D eigenvalue weighted by atomic mass is 10.1. The van der Waals surface area contributed by atoms with Gasteiger partial charge < -0.3 is 21.1 Å². The number of nitrogens with two attached hydrogens (primary N) is 1. The van der Waals surface area contributed by atoms with Crippen LogP contribution in [0.3, 0.4) is 0 Å². The van der Waals surface area contributed by atoms with Crippen LogP contribution >= 0.6 is 0 Å². The molecule has 1 unspecified atom stereocenters. The Morgan fingerprint density at radius 2 is 1.89 bits per heavy atom. The van der Waals surface area contributed by atoms with Crippen LogP contribution in [0.1, 0.15) is 12.0 Å². The molecular weight excluding hydrogens is 352 g/mol. The van der Waals surface area contributed by atoms with Crippen LogP contribution in [0.2, 0.25) is 0 Å². The number of nitrogens with one attached hydrogen (secondary N) is 3. The molecule has 1 amide bonds. The summed E-state index contributed by atoms with van der Waals surface area (Å²) >= 11 is 0. The molecule has 142 valence electrons. The van der Waals surface area contributed by atoms with Crippen molar-refractivity contribution in [2.45, 2.75) is 18.6 Å². The van der Waals surface area contributed by atoms with Gasteiger partial charge in [0.25, 0.3) is 0 Å². The van der Waals surface area contributed by atoms with Gasteiger partial charge in [-0.15, -0.1) is 0 Å². The van der Waals surface area contributed by atoms with Crippen molar-refractivity contribution in [3.8, 4) is 5.75 Å². The number of hydrogen-bond acceptors (Lipinski definition) is 4. The summed E-state index contributed by atoms with van der Waals surface area (Å²) in [7, 11) is 0. The number of ether oxygens (including phenoxy) is 1. The van der Waals surface area contributed by atoms with Gasteiger partial charge in [-0.2, -0.15) is 0 Å². The van der Waals surface area contributed by atoms with Crippen LogP contribution in [0.5, 0.6) is 5.75 Å². The van der Waals surface area contributed by atoms with Gasteiger partial charge in [0.05, 0.1) is 6.04 Å². The Kier molecular flexibility index (Phi) is 4.95. The first-order valence-electron chi connectivity index (χ1n) is 9.23. The summed E-state index contributed by atoms with van der Waals surface area (Å²) in [4.78, 5) is 12.6. The summed E-state index contributed by atoms with van der Waals surface area (Å²) in [6.45, 7) is 0.583. The van der Waals surface area contributed by atoms with Crippen LogP contribution in [0, 0.1) is 5.41 Å². The van der Waals surface area contributed by atoms with E-state index in [4.69, 9.17) is 15.9 Å². The van der Waals surface area contributed by atoms with Crippen LogP contribution < -0.4 is 21.1 Å². The normalized spacial score (nSPS) is 18.7. The minimum atomic E-state index is -0.313. The van der Waals surface area contributed by atoms with E-state index < -0.39 is 0 Å². The van der Waals surface area contributed by atoms with Gasteiger partial charge in [-0.05, 0) is 35.0 Å². The SMILES string of the molecule is N=C(N)c1cccc(O[C@H]2CNC(C(=O)Nc3ccc4ccccc4c3)C2)c1. The average molecular weight is 374 g/mol. The first-order valence-corrected chi connectivity index (χ1v) is 9.23. The molecule has 5 N–H and O–H groups in total. The number of nitrogen functional groups attached to an aromatic ring is 1. The number of amides is 1. The molecule has 3 aromatic rings. The second-order valence-corrected chi connectivity index (χ2v) is 6.93. The van der Waals surface area contributed by atoms with Crippen molar-refractivity contribution < 1.29 is 9.53 Å². The van der Waals surface area contributed by atoms with Crippen LogP contribution in [-0.2, 0) is 4.79 Å². The summed E-state index contributed by atoms with van der Waals surface area (Å²) in [5.41, 5.74) is 6.92. The first-order chi connectivity index (χ1) is 13.6. The third kappa shape index (κ3) is 3.97. The van der Waals surface area contributed by atoms with Crippen LogP contribution in [-0.4, -0.2) is 30.4 Å². The van der Waals surface area contributed by atoms with E-state index in [2.05, 4.69) is 10.6 Å². The molecule has 28 heavy (non-hydrogen) atoms.